The molecule has 150 valence electrons. The van der Waals surface area contributed by atoms with Crippen molar-refractivity contribution in [3.05, 3.63) is 47.9 Å². The molecule has 3 heterocycles. The Morgan fingerprint density at radius 1 is 1.11 bits per heavy atom. The van der Waals surface area contributed by atoms with Gasteiger partial charge >= 0.3 is 5.97 Å². The minimum atomic E-state index is -0.607. The molecule has 0 aliphatic carbocycles. The number of nitrogens with zero attached hydrogens (tertiary/aromatic N) is 4. The number of piperazine rings is 1. The number of aromatic nitrogens is 2. The summed E-state index contributed by atoms with van der Waals surface area (Å²) in [5, 5.41) is 9.71. The number of carbonyl (C=O) groups excluding carboxylic acids is 1. The normalized spacial score (nSPS) is 14.8. The third-order valence-corrected chi connectivity index (χ3v) is 5.06. The summed E-state index contributed by atoms with van der Waals surface area (Å²) in [5.74, 6) is 0.319. The largest absolute Gasteiger partial charge is 0.505 e. The number of aryl methyl sites for hydroxylation is 1. The molecular weight excluding hydrogens is 356 g/mol. The van der Waals surface area contributed by atoms with Crippen molar-refractivity contribution in [3.8, 4) is 5.75 Å². The summed E-state index contributed by atoms with van der Waals surface area (Å²) >= 11 is 0. The Morgan fingerprint density at radius 3 is 2.64 bits per heavy atom. The lowest BCUT2D eigenvalue weighted by Gasteiger charge is -2.35. The Hall–Kier alpha value is -2.67. The second-order valence-corrected chi connectivity index (χ2v) is 6.99. The molecule has 0 unspecified atom stereocenters. The van der Waals surface area contributed by atoms with E-state index in [-0.39, 0.29) is 11.4 Å². The van der Waals surface area contributed by atoms with Crippen molar-refractivity contribution in [3.63, 3.8) is 0 Å². The van der Waals surface area contributed by atoms with Crippen LogP contribution in [-0.2, 0) is 11.2 Å². The molecule has 1 saturated heterocycles. The van der Waals surface area contributed by atoms with Gasteiger partial charge < -0.3 is 14.7 Å². The Bertz CT molecular complexity index is 762. The van der Waals surface area contributed by atoms with E-state index in [0.717, 1.165) is 69.9 Å². The van der Waals surface area contributed by atoms with Gasteiger partial charge in [-0.1, -0.05) is 12.5 Å². The first-order valence-corrected chi connectivity index (χ1v) is 9.83. The number of rotatable bonds is 8. The molecule has 28 heavy (non-hydrogen) atoms. The fourth-order valence-electron chi connectivity index (χ4n) is 3.44. The van der Waals surface area contributed by atoms with E-state index in [1.165, 1.54) is 13.2 Å². The van der Waals surface area contributed by atoms with Crippen LogP contribution in [0.2, 0.25) is 0 Å². The highest BCUT2D eigenvalue weighted by Crippen LogP contribution is 2.17. The molecule has 1 N–H and O–H groups in total. The van der Waals surface area contributed by atoms with Crippen molar-refractivity contribution >= 4 is 11.8 Å². The summed E-state index contributed by atoms with van der Waals surface area (Å²) in [6.45, 7) is 5.28. The molecule has 1 fully saturated rings. The number of anilines is 1. The monoisotopic (exact) mass is 384 g/mol. The highest BCUT2D eigenvalue weighted by molar-refractivity contribution is 5.90. The maximum atomic E-state index is 11.6. The number of aromatic hydroxyl groups is 1. The minimum Gasteiger partial charge on any atom is -0.505 e. The number of carbonyl (C=O) groups is 1. The maximum Gasteiger partial charge on any atom is 0.360 e. The van der Waals surface area contributed by atoms with Gasteiger partial charge in [0, 0.05) is 38.1 Å². The van der Waals surface area contributed by atoms with Crippen molar-refractivity contribution in [2.24, 2.45) is 0 Å². The van der Waals surface area contributed by atoms with Crippen LogP contribution in [0.3, 0.4) is 0 Å². The molecule has 1 aliphatic heterocycles. The molecule has 2 aromatic rings. The van der Waals surface area contributed by atoms with Crippen LogP contribution in [0.25, 0.3) is 0 Å². The number of methoxy groups -OCH3 is 1. The number of ether oxygens (including phenoxy) is 1. The molecular formula is C21H28N4O3. The van der Waals surface area contributed by atoms with Crippen molar-refractivity contribution in [2.45, 2.75) is 25.7 Å². The first kappa shape index (κ1) is 20.1. The van der Waals surface area contributed by atoms with Gasteiger partial charge in [-0.25, -0.2) is 14.8 Å². The highest BCUT2D eigenvalue weighted by atomic mass is 16.5. The standard InChI is InChI=1S/C21H28N4O3/c1-28-21(27)20-18(26)10-9-17(23-20)7-3-2-6-12-24-13-15-25(16-14-24)19-8-4-5-11-22-19/h4-5,8-11,26H,2-3,6-7,12-16H2,1H3. The molecule has 0 spiro atoms. The Labute approximate surface area is 166 Å². The van der Waals surface area contributed by atoms with E-state index in [4.69, 9.17) is 0 Å². The predicted octanol–water partition coefficient (Wildman–Crippen LogP) is 2.50. The van der Waals surface area contributed by atoms with Gasteiger partial charge in [0.1, 0.15) is 11.6 Å². The average molecular weight is 384 g/mol. The van der Waals surface area contributed by atoms with E-state index >= 15 is 0 Å². The van der Waals surface area contributed by atoms with Gasteiger partial charge in [-0.15, -0.1) is 0 Å². The van der Waals surface area contributed by atoms with E-state index in [1.807, 2.05) is 18.3 Å². The van der Waals surface area contributed by atoms with Gasteiger partial charge in [0.25, 0.3) is 0 Å². The molecule has 7 heteroatoms. The molecule has 3 rings (SSSR count). The quantitative estimate of drug-likeness (QED) is 0.553. The van der Waals surface area contributed by atoms with E-state index in [9.17, 15) is 9.90 Å². The van der Waals surface area contributed by atoms with Gasteiger partial charge in [-0.05, 0) is 50.1 Å². The SMILES string of the molecule is COC(=O)c1nc(CCCCCN2CCN(c3ccccn3)CC2)ccc1O. The van der Waals surface area contributed by atoms with Gasteiger partial charge in [-0.2, -0.15) is 0 Å². The number of unbranched alkanes of at least 4 members (excludes halogenated alkanes) is 2. The molecule has 0 saturated carbocycles. The van der Waals surface area contributed by atoms with Gasteiger partial charge in [-0.3, -0.25) is 4.90 Å². The van der Waals surface area contributed by atoms with Crippen LogP contribution in [0, 0.1) is 0 Å². The topological polar surface area (TPSA) is 78.8 Å². The maximum absolute atomic E-state index is 11.6. The molecule has 0 aromatic carbocycles. The first-order chi connectivity index (χ1) is 13.7. The van der Waals surface area contributed by atoms with Crippen LogP contribution in [0.1, 0.15) is 35.4 Å². The zero-order valence-corrected chi connectivity index (χ0v) is 16.4. The third-order valence-electron chi connectivity index (χ3n) is 5.06. The zero-order chi connectivity index (χ0) is 19.8. The molecule has 0 bridgehead atoms. The second kappa shape index (κ2) is 10.0. The first-order valence-electron chi connectivity index (χ1n) is 9.83. The number of hydrogen-bond donors (Lipinski definition) is 1. The van der Waals surface area contributed by atoms with E-state index in [1.54, 1.807) is 6.07 Å². The van der Waals surface area contributed by atoms with E-state index in [0.29, 0.717) is 0 Å². The molecule has 0 amide bonds. The Morgan fingerprint density at radius 2 is 1.93 bits per heavy atom. The molecule has 0 radical (unpaired) electrons. The van der Waals surface area contributed by atoms with E-state index in [2.05, 4.69) is 30.6 Å². The van der Waals surface area contributed by atoms with Crippen LogP contribution in [-0.4, -0.2) is 65.8 Å². The summed E-state index contributed by atoms with van der Waals surface area (Å²) < 4.78 is 4.64. The summed E-state index contributed by atoms with van der Waals surface area (Å²) in [4.78, 5) is 25.1. The smallest absolute Gasteiger partial charge is 0.360 e. The fourth-order valence-corrected chi connectivity index (χ4v) is 3.44. The predicted molar refractivity (Wildman–Crippen MR) is 108 cm³/mol. The van der Waals surface area contributed by atoms with Gasteiger partial charge in [0.15, 0.2) is 5.69 Å². The van der Waals surface area contributed by atoms with Crippen LogP contribution >= 0.6 is 0 Å². The Kier molecular flexibility index (Phi) is 7.19. The summed E-state index contributed by atoms with van der Waals surface area (Å²) in [6.07, 6.45) is 5.89. The van der Waals surface area contributed by atoms with Gasteiger partial charge in [0.05, 0.1) is 7.11 Å². The highest BCUT2D eigenvalue weighted by Gasteiger charge is 2.17. The van der Waals surface area contributed by atoms with Crippen LogP contribution in [0.4, 0.5) is 5.82 Å². The van der Waals surface area contributed by atoms with Crippen LogP contribution < -0.4 is 4.90 Å². The van der Waals surface area contributed by atoms with Crippen molar-refractivity contribution < 1.29 is 14.6 Å². The molecule has 2 aromatic heterocycles. The lowest BCUT2D eigenvalue weighted by molar-refractivity contribution is 0.0590. The molecule has 1 aliphatic rings. The molecule has 7 nitrogen and oxygen atoms in total. The number of esters is 1. The van der Waals surface area contributed by atoms with Crippen molar-refractivity contribution in [2.75, 3.05) is 44.7 Å². The number of hydrogen-bond acceptors (Lipinski definition) is 7. The minimum absolute atomic E-state index is 0.00854. The summed E-state index contributed by atoms with van der Waals surface area (Å²) in [7, 11) is 1.28. The third kappa shape index (κ3) is 5.42. The lowest BCUT2D eigenvalue weighted by atomic mass is 10.1. The fraction of sp³-hybridized carbons (Fsp3) is 0.476. The van der Waals surface area contributed by atoms with Crippen LogP contribution in [0.5, 0.6) is 5.75 Å². The van der Waals surface area contributed by atoms with E-state index < -0.39 is 5.97 Å². The van der Waals surface area contributed by atoms with Crippen LogP contribution in [0.15, 0.2) is 36.5 Å². The second-order valence-electron chi connectivity index (χ2n) is 6.99. The summed E-state index contributed by atoms with van der Waals surface area (Å²) in [6, 6.07) is 9.32. The molecule has 0 atom stereocenters. The van der Waals surface area contributed by atoms with Crippen molar-refractivity contribution in [1.29, 1.82) is 0 Å². The van der Waals surface area contributed by atoms with Gasteiger partial charge in [0.2, 0.25) is 0 Å². The summed E-state index contributed by atoms with van der Waals surface area (Å²) in [5.41, 5.74) is 0.799. The zero-order valence-electron chi connectivity index (χ0n) is 16.4. The average Bonchev–Trinajstić information content (AvgIpc) is 2.75. The van der Waals surface area contributed by atoms with Crippen molar-refractivity contribution in [1.82, 2.24) is 14.9 Å². The lowest BCUT2D eigenvalue weighted by Crippen LogP contribution is -2.46. The number of pyridine rings is 2. The Balaban J connectivity index is 1.34.